The average molecular weight is 347 g/mol. The second-order valence-corrected chi connectivity index (χ2v) is 5.92. The van der Waals surface area contributed by atoms with Gasteiger partial charge in [0.25, 0.3) is 0 Å². The van der Waals surface area contributed by atoms with Gasteiger partial charge < -0.3 is 15.2 Å². The van der Waals surface area contributed by atoms with Crippen LogP contribution in [0, 0.1) is 11.7 Å². The summed E-state index contributed by atoms with van der Waals surface area (Å²) in [5.41, 5.74) is 6.35. The molecule has 2 atom stereocenters. The number of nitrogens with zero attached hydrogens (tertiary/aromatic N) is 1. The van der Waals surface area contributed by atoms with Crippen LogP contribution in [0.4, 0.5) is 4.39 Å². The van der Waals surface area contributed by atoms with Crippen molar-refractivity contribution in [2.75, 3.05) is 34.4 Å². The Labute approximate surface area is 127 Å². The zero-order valence-corrected chi connectivity index (χ0v) is 13.5. The van der Waals surface area contributed by atoms with Crippen molar-refractivity contribution < 1.29 is 13.9 Å². The standard InChI is InChI=1S/C14H20BrFN2O2/c1-18-7-8(6-17)4-10(18)9-5-11(19-2)14(20-3)12(15)13(9)16/h5,8,10H,4,6-7,17H2,1-3H3. The van der Waals surface area contributed by atoms with Gasteiger partial charge in [-0.3, -0.25) is 4.90 Å². The molecule has 2 unspecified atom stereocenters. The van der Waals surface area contributed by atoms with E-state index < -0.39 is 0 Å². The predicted molar refractivity (Wildman–Crippen MR) is 79.7 cm³/mol. The van der Waals surface area contributed by atoms with E-state index in [1.54, 1.807) is 13.2 Å². The fourth-order valence-corrected chi connectivity index (χ4v) is 3.42. The van der Waals surface area contributed by atoms with Gasteiger partial charge in [-0.25, -0.2) is 4.39 Å². The van der Waals surface area contributed by atoms with Crippen LogP contribution >= 0.6 is 15.9 Å². The Hall–Kier alpha value is -0.850. The van der Waals surface area contributed by atoms with E-state index in [0.717, 1.165) is 13.0 Å². The van der Waals surface area contributed by atoms with E-state index in [2.05, 4.69) is 20.8 Å². The van der Waals surface area contributed by atoms with Crippen LogP contribution in [0.25, 0.3) is 0 Å². The van der Waals surface area contributed by atoms with E-state index in [-0.39, 0.29) is 11.9 Å². The van der Waals surface area contributed by atoms with Gasteiger partial charge in [0.15, 0.2) is 11.5 Å². The number of rotatable bonds is 4. The Morgan fingerprint density at radius 1 is 1.45 bits per heavy atom. The minimum absolute atomic E-state index is 0.0136. The summed E-state index contributed by atoms with van der Waals surface area (Å²) in [6.07, 6.45) is 0.853. The van der Waals surface area contributed by atoms with E-state index >= 15 is 0 Å². The lowest BCUT2D eigenvalue weighted by molar-refractivity contribution is 0.301. The molecular formula is C14H20BrFN2O2. The number of hydrogen-bond donors (Lipinski definition) is 1. The molecular weight excluding hydrogens is 327 g/mol. The molecule has 6 heteroatoms. The highest BCUT2D eigenvalue weighted by atomic mass is 79.9. The topological polar surface area (TPSA) is 47.7 Å². The molecule has 1 heterocycles. The normalized spacial score (nSPS) is 23.1. The molecule has 1 fully saturated rings. The van der Waals surface area contributed by atoms with Crippen molar-refractivity contribution in [3.8, 4) is 11.5 Å². The summed E-state index contributed by atoms with van der Waals surface area (Å²) in [5, 5.41) is 0. The summed E-state index contributed by atoms with van der Waals surface area (Å²) < 4.78 is 25.4. The number of likely N-dealkylation sites (tertiary alicyclic amines) is 1. The smallest absolute Gasteiger partial charge is 0.177 e. The van der Waals surface area contributed by atoms with Crippen LogP contribution in [0.1, 0.15) is 18.0 Å². The van der Waals surface area contributed by atoms with E-state index in [4.69, 9.17) is 15.2 Å². The number of benzene rings is 1. The summed E-state index contributed by atoms with van der Waals surface area (Å²) in [6, 6.07) is 1.73. The third kappa shape index (κ3) is 2.64. The second-order valence-electron chi connectivity index (χ2n) is 5.12. The quantitative estimate of drug-likeness (QED) is 0.910. The van der Waals surface area contributed by atoms with Gasteiger partial charge in [0, 0.05) is 18.2 Å². The molecule has 0 saturated carbocycles. The zero-order valence-electron chi connectivity index (χ0n) is 12.0. The maximum Gasteiger partial charge on any atom is 0.177 e. The summed E-state index contributed by atoms with van der Waals surface area (Å²) in [4.78, 5) is 2.13. The van der Waals surface area contributed by atoms with Crippen LogP contribution in [0.5, 0.6) is 11.5 Å². The SMILES string of the molecule is COc1cc(C2CC(CN)CN2C)c(F)c(Br)c1OC. The van der Waals surface area contributed by atoms with Crippen molar-refractivity contribution >= 4 is 15.9 Å². The van der Waals surface area contributed by atoms with E-state index in [0.29, 0.717) is 34.0 Å². The summed E-state index contributed by atoms with van der Waals surface area (Å²) in [7, 11) is 5.03. The molecule has 0 radical (unpaired) electrons. The average Bonchev–Trinajstić information content (AvgIpc) is 2.82. The Kier molecular flexibility index (Phi) is 4.88. The van der Waals surface area contributed by atoms with Gasteiger partial charge >= 0.3 is 0 Å². The molecule has 1 aliphatic heterocycles. The Balaban J connectivity index is 2.44. The lowest BCUT2D eigenvalue weighted by Gasteiger charge is -2.22. The lowest BCUT2D eigenvalue weighted by Crippen LogP contribution is -2.21. The molecule has 2 N–H and O–H groups in total. The molecule has 0 aromatic heterocycles. The molecule has 20 heavy (non-hydrogen) atoms. The molecule has 1 aromatic carbocycles. The number of nitrogens with two attached hydrogens (primary N) is 1. The van der Waals surface area contributed by atoms with Crippen LogP contribution in [0.3, 0.4) is 0 Å². The summed E-state index contributed by atoms with van der Waals surface area (Å²) in [6.45, 7) is 1.50. The van der Waals surface area contributed by atoms with Crippen LogP contribution in [-0.2, 0) is 0 Å². The first-order valence-corrected chi connectivity index (χ1v) is 7.32. The number of halogens is 2. The highest BCUT2D eigenvalue weighted by molar-refractivity contribution is 9.10. The molecule has 1 aliphatic rings. The summed E-state index contributed by atoms with van der Waals surface area (Å²) >= 11 is 3.26. The molecule has 112 valence electrons. The van der Waals surface area contributed by atoms with Crippen molar-refractivity contribution in [3.05, 3.63) is 21.9 Å². The molecule has 0 amide bonds. The van der Waals surface area contributed by atoms with E-state index in [1.165, 1.54) is 7.11 Å². The minimum Gasteiger partial charge on any atom is -0.493 e. The van der Waals surface area contributed by atoms with Crippen LogP contribution in [0.2, 0.25) is 0 Å². The highest BCUT2D eigenvalue weighted by Crippen LogP contribution is 2.44. The third-order valence-electron chi connectivity index (χ3n) is 3.91. The van der Waals surface area contributed by atoms with Gasteiger partial charge in [0.2, 0.25) is 0 Å². The van der Waals surface area contributed by atoms with Crippen molar-refractivity contribution in [3.63, 3.8) is 0 Å². The number of hydrogen-bond acceptors (Lipinski definition) is 4. The van der Waals surface area contributed by atoms with Crippen molar-refractivity contribution in [1.82, 2.24) is 4.90 Å². The molecule has 0 spiro atoms. The van der Waals surface area contributed by atoms with Gasteiger partial charge in [-0.05, 0) is 47.9 Å². The van der Waals surface area contributed by atoms with Crippen molar-refractivity contribution in [2.24, 2.45) is 11.7 Å². The Morgan fingerprint density at radius 2 is 2.15 bits per heavy atom. The fourth-order valence-electron chi connectivity index (χ4n) is 2.83. The first kappa shape index (κ1) is 15.5. The van der Waals surface area contributed by atoms with Crippen LogP contribution in [0.15, 0.2) is 10.5 Å². The van der Waals surface area contributed by atoms with Gasteiger partial charge in [-0.2, -0.15) is 0 Å². The number of ether oxygens (including phenoxy) is 2. The Morgan fingerprint density at radius 3 is 2.65 bits per heavy atom. The predicted octanol–water partition coefficient (Wildman–Crippen LogP) is 2.56. The first-order chi connectivity index (χ1) is 9.53. The molecule has 2 rings (SSSR count). The minimum atomic E-state index is -0.294. The fraction of sp³-hybridized carbons (Fsp3) is 0.571. The van der Waals surface area contributed by atoms with Crippen molar-refractivity contribution in [2.45, 2.75) is 12.5 Å². The largest absolute Gasteiger partial charge is 0.493 e. The maximum atomic E-state index is 14.6. The summed E-state index contributed by atoms with van der Waals surface area (Å²) in [5.74, 6) is 1.01. The molecule has 0 bridgehead atoms. The molecule has 1 saturated heterocycles. The van der Waals surface area contributed by atoms with Gasteiger partial charge in [-0.15, -0.1) is 0 Å². The maximum absolute atomic E-state index is 14.6. The molecule has 1 aromatic rings. The van der Waals surface area contributed by atoms with Crippen LogP contribution < -0.4 is 15.2 Å². The lowest BCUT2D eigenvalue weighted by atomic mass is 9.99. The van der Waals surface area contributed by atoms with E-state index in [9.17, 15) is 4.39 Å². The monoisotopic (exact) mass is 346 g/mol. The van der Waals surface area contributed by atoms with Crippen LogP contribution in [-0.4, -0.2) is 39.3 Å². The van der Waals surface area contributed by atoms with Gasteiger partial charge in [0.1, 0.15) is 5.82 Å². The third-order valence-corrected chi connectivity index (χ3v) is 4.62. The first-order valence-electron chi connectivity index (χ1n) is 6.53. The zero-order chi connectivity index (χ0) is 14.9. The van der Waals surface area contributed by atoms with E-state index in [1.807, 2.05) is 7.05 Å². The molecule has 0 aliphatic carbocycles. The highest BCUT2D eigenvalue weighted by Gasteiger charge is 2.33. The number of methoxy groups -OCH3 is 2. The molecule has 4 nitrogen and oxygen atoms in total. The Bertz CT molecular complexity index is 499. The van der Waals surface area contributed by atoms with Gasteiger partial charge in [-0.1, -0.05) is 0 Å². The van der Waals surface area contributed by atoms with Crippen molar-refractivity contribution in [1.29, 1.82) is 0 Å². The second kappa shape index (κ2) is 6.28. The van der Waals surface area contributed by atoms with Gasteiger partial charge in [0.05, 0.1) is 18.7 Å².